The van der Waals surface area contributed by atoms with Crippen LogP contribution in [0.25, 0.3) is 5.70 Å². The zero-order valence-corrected chi connectivity index (χ0v) is 19.9. The summed E-state index contributed by atoms with van der Waals surface area (Å²) < 4.78 is 11.7. The number of benzene rings is 2. The Bertz CT molecular complexity index is 1050. The highest BCUT2D eigenvalue weighted by molar-refractivity contribution is 8.93. The average Bonchev–Trinajstić information content (AvgIpc) is 3.36. The number of rotatable bonds is 6. The van der Waals surface area contributed by atoms with E-state index in [1.54, 1.807) is 22.7 Å². The number of nitrogens with zero attached hydrogens (tertiary/aromatic N) is 3. The summed E-state index contributed by atoms with van der Waals surface area (Å²) in [6, 6.07) is 13.4. The van der Waals surface area contributed by atoms with Gasteiger partial charge in [-0.1, -0.05) is 41.6 Å². The van der Waals surface area contributed by atoms with Gasteiger partial charge in [0, 0.05) is 29.1 Å². The normalized spacial score (nSPS) is 16.7. The number of carbonyl (C=O) groups is 1. The molecule has 3 heterocycles. The number of para-hydroxylation sites is 1. The largest absolute Gasteiger partial charge is 0.494 e. The molecule has 0 unspecified atom stereocenters. The number of amides is 1. The fourth-order valence-corrected chi connectivity index (χ4v) is 4.94. The van der Waals surface area contributed by atoms with E-state index < -0.39 is 0 Å². The van der Waals surface area contributed by atoms with Gasteiger partial charge < -0.3 is 19.3 Å². The zero-order chi connectivity index (χ0) is 20.5. The van der Waals surface area contributed by atoms with Gasteiger partial charge in [-0.05, 0) is 30.7 Å². The van der Waals surface area contributed by atoms with E-state index in [1.165, 1.54) is 0 Å². The SMILES string of the molecule is Br.O=C1COc2c(C3=CSC4=NCCN34)cc(Cl)cc2N1CCCOc1ccccc1. The number of ether oxygens (including phenoxy) is 2. The standard InChI is InChI=1S/C22H20ClN3O3S.BrH/c23-15-11-17(19-14-30-22-24-7-9-26(19)22)21-18(12-15)25(20(27)13-29-21)8-4-10-28-16-5-2-1-3-6-16;/h1-3,5-6,11-12,14H,4,7-10,13H2;1H. The monoisotopic (exact) mass is 521 g/mol. The molecule has 3 aliphatic heterocycles. The number of hydrogen-bond donors (Lipinski definition) is 0. The molecule has 0 aliphatic carbocycles. The van der Waals surface area contributed by atoms with E-state index >= 15 is 0 Å². The van der Waals surface area contributed by atoms with Gasteiger partial charge >= 0.3 is 0 Å². The minimum absolute atomic E-state index is 0. The second kappa shape index (κ2) is 9.54. The molecule has 2 aromatic rings. The lowest BCUT2D eigenvalue weighted by atomic mass is 10.1. The third-order valence-electron chi connectivity index (χ3n) is 5.15. The van der Waals surface area contributed by atoms with E-state index in [0.717, 1.165) is 35.3 Å². The van der Waals surface area contributed by atoms with Crippen LogP contribution in [0.5, 0.6) is 11.5 Å². The Morgan fingerprint density at radius 2 is 2.06 bits per heavy atom. The van der Waals surface area contributed by atoms with E-state index in [1.807, 2.05) is 36.4 Å². The van der Waals surface area contributed by atoms with E-state index in [0.29, 0.717) is 36.0 Å². The fraction of sp³-hybridized carbons (Fsp3) is 0.273. The Morgan fingerprint density at radius 1 is 1.23 bits per heavy atom. The number of amidine groups is 1. The minimum atomic E-state index is -0.0753. The molecule has 9 heteroatoms. The van der Waals surface area contributed by atoms with Gasteiger partial charge in [-0.3, -0.25) is 9.79 Å². The number of halogens is 2. The van der Waals surface area contributed by atoms with Crippen molar-refractivity contribution in [1.82, 2.24) is 4.90 Å². The van der Waals surface area contributed by atoms with Crippen LogP contribution in [0, 0.1) is 0 Å². The molecule has 162 valence electrons. The summed E-state index contributed by atoms with van der Waals surface area (Å²) in [7, 11) is 0. The number of carbonyl (C=O) groups excluding carboxylic acids is 1. The summed E-state index contributed by atoms with van der Waals surface area (Å²) in [4.78, 5) is 21.1. The predicted molar refractivity (Wildman–Crippen MR) is 131 cm³/mol. The Labute approximate surface area is 200 Å². The van der Waals surface area contributed by atoms with Crippen LogP contribution in [0.3, 0.4) is 0 Å². The van der Waals surface area contributed by atoms with Crippen LogP contribution < -0.4 is 14.4 Å². The molecule has 0 bridgehead atoms. The van der Waals surface area contributed by atoms with Gasteiger partial charge in [0.1, 0.15) is 5.75 Å². The molecular formula is C22H21BrClN3O3S. The Balaban J connectivity index is 0.00000231. The fourth-order valence-electron chi connectivity index (χ4n) is 3.77. The number of fused-ring (bicyclic) bond motifs is 2. The highest BCUT2D eigenvalue weighted by Crippen LogP contribution is 2.45. The van der Waals surface area contributed by atoms with Crippen molar-refractivity contribution in [2.75, 3.05) is 37.7 Å². The Hall–Kier alpha value is -2.16. The van der Waals surface area contributed by atoms with Crippen LogP contribution in [0.1, 0.15) is 12.0 Å². The second-order valence-electron chi connectivity index (χ2n) is 7.09. The Morgan fingerprint density at radius 3 is 2.90 bits per heavy atom. The van der Waals surface area contributed by atoms with Gasteiger partial charge in [0.05, 0.1) is 24.5 Å². The van der Waals surface area contributed by atoms with Crippen molar-refractivity contribution in [3.8, 4) is 11.5 Å². The van der Waals surface area contributed by atoms with Crippen LogP contribution >= 0.6 is 40.3 Å². The van der Waals surface area contributed by atoms with Crippen molar-refractivity contribution in [2.45, 2.75) is 6.42 Å². The van der Waals surface area contributed by atoms with Crippen molar-refractivity contribution >= 4 is 62.8 Å². The average molecular weight is 523 g/mol. The van der Waals surface area contributed by atoms with Crippen LogP contribution in [-0.2, 0) is 4.79 Å². The van der Waals surface area contributed by atoms with Crippen molar-refractivity contribution in [3.05, 3.63) is 58.5 Å². The highest BCUT2D eigenvalue weighted by atomic mass is 79.9. The summed E-state index contributed by atoms with van der Waals surface area (Å²) in [5.41, 5.74) is 2.63. The molecule has 31 heavy (non-hydrogen) atoms. The quantitative estimate of drug-likeness (QED) is 0.509. The number of thioether (sulfide) groups is 1. The summed E-state index contributed by atoms with van der Waals surface area (Å²) in [5.74, 6) is 1.45. The van der Waals surface area contributed by atoms with Crippen molar-refractivity contribution in [2.24, 2.45) is 4.99 Å². The summed E-state index contributed by atoms with van der Waals surface area (Å²) in [6.45, 7) is 2.70. The van der Waals surface area contributed by atoms with Crippen molar-refractivity contribution < 1.29 is 14.3 Å². The van der Waals surface area contributed by atoms with Gasteiger partial charge in [0.25, 0.3) is 5.91 Å². The molecule has 5 rings (SSSR count). The first-order chi connectivity index (χ1) is 14.7. The molecule has 1 amide bonds. The van der Waals surface area contributed by atoms with Gasteiger partial charge in [-0.2, -0.15) is 0 Å². The first-order valence-corrected chi connectivity index (χ1v) is 11.1. The molecule has 0 atom stereocenters. The van der Waals surface area contributed by atoms with Gasteiger partial charge in [-0.25, -0.2) is 0 Å². The second-order valence-corrected chi connectivity index (χ2v) is 8.36. The smallest absolute Gasteiger partial charge is 0.265 e. The van der Waals surface area contributed by atoms with Crippen molar-refractivity contribution in [1.29, 1.82) is 0 Å². The van der Waals surface area contributed by atoms with Crippen molar-refractivity contribution in [3.63, 3.8) is 0 Å². The summed E-state index contributed by atoms with van der Waals surface area (Å²) in [6.07, 6.45) is 0.698. The van der Waals surface area contributed by atoms with Gasteiger partial charge in [0.15, 0.2) is 17.5 Å². The summed E-state index contributed by atoms with van der Waals surface area (Å²) >= 11 is 8.06. The highest BCUT2D eigenvalue weighted by Gasteiger charge is 2.33. The molecule has 2 aromatic carbocycles. The summed E-state index contributed by atoms with van der Waals surface area (Å²) in [5, 5.41) is 3.64. The molecule has 6 nitrogen and oxygen atoms in total. The van der Waals surface area contributed by atoms with Gasteiger partial charge in [-0.15, -0.1) is 17.0 Å². The molecule has 0 radical (unpaired) electrons. The number of hydrogen-bond acceptors (Lipinski definition) is 6. The lowest BCUT2D eigenvalue weighted by Crippen LogP contribution is -2.40. The molecule has 3 aliphatic rings. The topological polar surface area (TPSA) is 54.4 Å². The van der Waals surface area contributed by atoms with Crippen LogP contribution in [0.15, 0.2) is 52.9 Å². The molecule has 0 saturated carbocycles. The van der Waals surface area contributed by atoms with Crippen LogP contribution in [0.2, 0.25) is 5.02 Å². The molecule has 0 aromatic heterocycles. The molecule has 0 spiro atoms. The predicted octanol–water partition coefficient (Wildman–Crippen LogP) is 4.83. The van der Waals surface area contributed by atoms with Crippen LogP contribution in [-0.4, -0.2) is 48.8 Å². The third kappa shape index (κ3) is 4.42. The maximum atomic E-state index is 12.6. The van der Waals surface area contributed by atoms with Crippen LogP contribution in [0.4, 0.5) is 5.69 Å². The first-order valence-electron chi connectivity index (χ1n) is 9.84. The molecule has 0 N–H and O–H groups in total. The molecular weight excluding hydrogens is 502 g/mol. The lowest BCUT2D eigenvalue weighted by Gasteiger charge is -2.32. The van der Waals surface area contributed by atoms with Gasteiger partial charge in [0.2, 0.25) is 0 Å². The maximum absolute atomic E-state index is 12.6. The van der Waals surface area contributed by atoms with E-state index in [4.69, 9.17) is 21.1 Å². The van der Waals surface area contributed by atoms with E-state index in [9.17, 15) is 4.79 Å². The molecule has 0 fully saturated rings. The molecule has 0 saturated heterocycles. The number of anilines is 1. The lowest BCUT2D eigenvalue weighted by molar-refractivity contribution is -0.121. The number of aliphatic imine (C=N–C) groups is 1. The third-order valence-corrected chi connectivity index (χ3v) is 6.27. The first kappa shape index (κ1) is 22.0. The Kier molecular flexibility index (Phi) is 6.79. The zero-order valence-electron chi connectivity index (χ0n) is 16.6. The minimum Gasteiger partial charge on any atom is -0.494 e. The van der Waals surface area contributed by atoms with E-state index in [2.05, 4.69) is 15.3 Å². The maximum Gasteiger partial charge on any atom is 0.265 e. The van der Waals surface area contributed by atoms with E-state index in [-0.39, 0.29) is 29.5 Å².